The highest BCUT2D eigenvalue weighted by Crippen LogP contribution is 2.27. The molecule has 26 heavy (non-hydrogen) atoms. The van der Waals surface area contributed by atoms with E-state index in [1.165, 1.54) is 0 Å². The molecule has 3 rings (SSSR count). The second-order valence-corrected chi connectivity index (χ2v) is 6.62. The van der Waals surface area contributed by atoms with Crippen molar-refractivity contribution in [2.45, 2.75) is 25.9 Å². The predicted molar refractivity (Wildman–Crippen MR) is 104 cm³/mol. The summed E-state index contributed by atoms with van der Waals surface area (Å²) in [5.41, 5.74) is 1.76. The largest absolute Gasteiger partial charge is 0.496 e. The first-order chi connectivity index (χ1) is 12.8. The summed E-state index contributed by atoms with van der Waals surface area (Å²) in [5.74, 6) is 1.61. The third-order valence-electron chi connectivity index (χ3n) is 4.54. The zero-order valence-corrected chi connectivity index (χ0v) is 15.6. The van der Waals surface area contributed by atoms with Crippen LogP contribution in [-0.2, 0) is 4.74 Å². The van der Waals surface area contributed by atoms with Gasteiger partial charge in [-0.25, -0.2) is 0 Å². The van der Waals surface area contributed by atoms with E-state index in [-0.39, 0.29) is 0 Å². The van der Waals surface area contributed by atoms with Crippen LogP contribution in [0.15, 0.2) is 36.4 Å². The summed E-state index contributed by atoms with van der Waals surface area (Å²) in [6, 6.07) is 11.8. The van der Waals surface area contributed by atoms with Crippen molar-refractivity contribution in [2.75, 3.05) is 45.2 Å². The minimum Gasteiger partial charge on any atom is -0.496 e. The van der Waals surface area contributed by atoms with E-state index in [4.69, 9.17) is 9.47 Å². The third-order valence-corrected chi connectivity index (χ3v) is 4.54. The summed E-state index contributed by atoms with van der Waals surface area (Å²) >= 11 is 0. The van der Waals surface area contributed by atoms with Crippen molar-refractivity contribution in [2.24, 2.45) is 0 Å². The number of ether oxygens (including phenoxy) is 2. The minimum atomic E-state index is 0.332. The van der Waals surface area contributed by atoms with Crippen molar-refractivity contribution in [3.63, 3.8) is 0 Å². The molecule has 1 aromatic heterocycles. The highest BCUT2D eigenvalue weighted by Gasteiger charge is 2.14. The van der Waals surface area contributed by atoms with Crippen molar-refractivity contribution in [1.29, 1.82) is 0 Å². The number of nitrogens with one attached hydrogen (secondary N) is 1. The number of methoxy groups -OCH3 is 1. The number of nitrogens with zero attached hydrogens (tertiary/aromatic N) is 3. The highest BCUT2D eigenvalue weighted by atomic mass is 16.5. The highest BCUT2D eigenvalue weighted by molar-refractivity contribution is 5.67. The molecule has 1 aliphatic rings. The molecule has 1 aliphatic heterocycles. The Balaban J connectivity index is 1.47. The Hall–Kier alpha value is -2.18. The molecule has 2 aromatic rings. The number of benzene rings is 1. The van der Waals surface area contributed by atoms with Gasteiger partial charge in [-0.2, -0.15) is 0 Å². The quantitative estimate of drug-likeness (QED) is 0.770. The van der Waals surface area contributed by atoms with E-state index in [1.807, 2.05) is 36.4 Å². The van der Waals surface area contributed by atoms with Crippen LogP contribution in [0.5, 0.6) is 5.75 Å². The molecular formula is C20H28N4O2. The van der Waals surface area contributed by atoms with Crippen molar-refractivity contribution in [1.82, 2.24) is 15.1 Å². The first-order valence-corrected chi connectivity index (χ1v) is 9.31. The van der Waals surface area contributed by atoms with E-state index in [9.17, 15) is 0 Å². The topological polar surface area (TPSA) is 59.5 Å². The molecular weight excluding hydrogens is 328 g/mol. The minimum absolute atomic E-state index is 0.332. The van der Waals surface area contributed by atoms with E-state index >= 15 is 0 Å². The predicted octanol–water partition coefficient (Wildman–Crippen LogP) is 3.07. The standard InChI is InChI=1S/C20H28N4O2/c1-16-15-24(13-6-14-26-16)12-5-11-21-20-10-9-18(22-23-20)17-7-3-4-8-19(17)25-2/h3-4,7-10,16H,5-6,11-15H2,1-2H3,(H,21,23). The second kappa shape index (κ2) is 9.50. The molecule has 6 nitrogen and oxygen atoms in total. The zero-order valence-electron chi connectivity index (χ0n) is 15.6. The lowest BCUT2D eigenvalue weighted by molar-refractivity contribution is 0.0677. The van der Waals surface area contributed by atoms with E-state index in [2.05, 4.69) is 27.3 Å². The fraction of sp³-hybridized carbons (Fsp3) is 0.500. The molecule has 1 unspecified atom stereocenters. The van der Waals surface area contributed by atoms with Crippen LogP contribution in [0.1, 0.15) is 19.8 Å². The Morgan fingerprint density at radius 1 is 1.23 bits per heavy atom. The summed E-state index contributed by atoms with van der Waals surface area (Å²) in [5, 5.41) is 12.0. The molecule has 1 N–H and O–H groups in total. The van der Waals surface area contributed by atoms with Gasteiger partial charge in [0.1, 0.15) is 11.6 Å². The van der Waals surface area contributed by atoms with E-state index in [0.29, 0.717) is 6.10 Å². The van der Waals surface area contributed by atoms with E-state index in [0.717, 1.165) is 68.5 Å². The van der Waals surface area contributed by atoms with Gasteiger partial charge in [0.25, 0.3) is 0 Å². The summed E-state index contributed by atoms with van der Waals surface area (Å²) in [4.78, 5) is 2.48. The average molecular weight is 356 g/mol. The Morgan fingerprint density at radius 3 is 2.92 bits per heavy atom. The van der Waals surface area contributed by atoms with Crippen LogP contribution >= 0.6 is 0 Å². The maximum atomic E-state index is 5.69. The third kappa shape index (κ3) is 5.16. The van der Waals surface area contributed by atoms with Crippen molar-refractivity contribution >= 4 is 5.82 Å². The number of para-hydroxylation sites is 1. The first-order valence-electron chi connectivity index (χ1n) is 9.31. The average Bonchev–Trinajstić information content (AvgIpc) is 2.89. The van der Waals surface area contributed by atoms with Gasteiger partial charge in [0.15, 0.2) is 0 Å². The van der Waals surface area contributed by atoms with Gasteiger partial charge in [-0.3, -0.25) is 0 Å². The summed E-state index contributed by atoms with van der Waals surface area (Å²) in [6.07, 6.45) is 2.52. The SMILES string of the molecule is COc1ccccc1-c1ccc(NCCCN2CCCOC(C)C2)nn1. The molecule has 0 amide bonds. The summed E-state index contributed by atoms with van der Waals surface area (Å²) in [7, 11) is 1.67. The normalized spacial score (nSPS) is 18.3. The monoisotopic (exact) mass is 356 g/mol. The number of aromatic nitrogens is 2. The van der Waals surface area contributed by atoms with E-state index < -0.39 is 0 Å². The lowest BCUT2D eigenvalue weighted by Crippen LogP contribution is -2.32. The van der Waals surface area contributed by atoms with Crippen molar-refractivity contribution in [3.05, 3.63) is 36.4 Å². The van der Waals surface area contributed by atoms with E-state index in [1.54, 1.807) is 7.11 Å². The molecule has 1 atom stereocenters. The van der Waals surface area contributed by atoms with Crippen LogP contribution in [0.2, 0.25) is 0 Å². The summed E-state index contributed by atoms with van der Waals surface area (Å²) < 4.78 is 11.1. The van der Waals surface area contributed by atoms with Gasteiger partial charge < -0.3 is 19.7 Å². The summed E-state index contributed by atoms with van der Waals surface area (Å²) in [6.45, 7) is 7.13. The van der Waals surface area contributed by atoms with Crippen molar-refractivity contribution in [3.8, 4) is 17.0 Å². The number of hydrogen-bond donors (Lipinski definition) is 1. The number of anilines is 1. The van der Waals surface area contributed by atoms with Crippen LogP contribution in [-0.4, -0.2) is 61.1 Å². The lowest BCUT2D eigenvalue weighted by Gasteiger charge is -2.21. The maximum Gasteiger partial charge on any atom is 0.148 e. The molecule has 0 aliphatic carbocycles. The Bertz CT molecular complexity index is 678. The van der Waals surface area contributed by atoms with Crippen LogP contribution in [0.25, 0.3) is 11.3 Å². The molecule has 2 heterocycles. The van der Waals surface area contributed by atoms with Gasteiger partial charge in [0.05, 0.1) is 18.9 Å². The van der Waals surface area contributed by atoms with Gasteiger partial charge in [-0.15, -0.1) is 10.2 Å². The van der Waals surface area contributed by atoms with Gasteiger partial charge in [-0.1, -0.05) is 12.1 Å². The molecule has 0 saturated carbocycles. The maximum absolute atomic E-state index is 5.69. The second-order valence-electron chi connectivity index (χ2n) is 6.62. The molecule has 1 fully saturated rings. The Kier molecular flexibility index (Phi) is 6.80. The number of rotatable bonds is 7. The zero-order chi connectivity index (χ0) is 18.2. The van der Waals surface area contributed by atoms with Crippen LogP contribution in [0.4, 0.5) is 5.82 Å². The van der Waals surface area contributed by atoms with Crippen LogP contribution in [0.3, 0.4) is 0 Å². The van der Waals surface area contributed by atoms with Crippen LogP contribution < -0.4 is 10.1 Å². The molecule has 0 radical (unpaired) electrons. The molecule has 6 heteroatoms. The lowest BCUT2D eigenvalue weighted by atomic mass is 10.1. The molecule has 0 bridgehead atoms. The van der Waals surface area contributed by atoms with Gasteiger partial charge in [-0.05, 0) is 50.6 Å². The molecule has 0 spiro atoms. The van der Waals surface area contributed by atoms with Gasteiger partial charge >= 0.3 is 0 Å². The van der Waals surface area contributed by atoms with Crippen LogP contribution in [0, 0.1) is 0 Å². The fourth-order valence-electron chi connectivity index (χ4n) is 3.23. The molecule has 1 saturated heterocycles. The number of hydrogen-bond acceptors (Lipinski definition) is 6. The van der Waals surface area contributed by atoms with Crippen molar-refractivity contribution < 1.29 is 9.47 Å². The first kappa shape index (κ1) is 18.6. The van der Waals surface area contributed by atoms with Gasteiger partial charge in [0.2, 0.25) is 0 Å². The fourth-order valence-corrected chi connectivity index (χ4v) is 3.23. The Labute approximate surface area is 155 Å². The molecule has 1 aromatic carbocycles. The smallest absolute Gasteiger partial charge is 0.148 e. The Morgan fingerprint density at radius 2 is 2.12 bits per heavy atom. The van der Waals surface area contributed by atoms with Gasteiger partial charge in [0, 0.05) is 31.8 Å². The molecule has 140 valence electrons.